The van der Waals surface area contributed by atoms with Gasteiger partial charge in [0.05, 0.1) is 23.0 Å². The fraction of sp³-hybridized carbons (Fsp3) is 0.333. The van der Waals surface area contributed by atoms with Gasteiger partial charge in [0.2, 0.25) is 23.6 Å². The number of anilines is 1. The Hall–Kier alpha value is -2.84. The van der Waals surface area contributed by atoms with Crippen LogP contribution in [0.15, 0.2) is 57.8 Å². The lowest BCUT2D eigenvalue weighted by Gasteiger charge is -2.24. The molecule has 1 aromatic heterocycles. The quantitative estimate of drug-likeness (QED) is 0.456. The summed E-state index contributed by atoms with van der Waals surface area (Å²) in [6, 6.07) is 15.3. The normalized spacial score (nSPS) is 18.1. The van der Waals surface area contributed by atoms with Crippen molar-refractivity contribution in [2.75, 3.05) is 17.7 Å². The molecule has 1 aliphatic heterocycles. The SMILES string of the molecule is CSc1cccc(N2C[C@@H](C(=O)N(Cc3nnc(-c4ccccc4Cl)o3)C3CC3)CC2=O)c1. The van der Waals surface area contributed by atoms with E-state index in [0.29, 0.717) is 28.9 Å². The Morgan fingerprint density at radius 2 is 2.03 bits per heavy atom. The van der Waals surface area contributed by atoms with Crippen LogP contribution >= 0.6 is 23.4 Å². The van der Waals surface area contributed by atoms with Gasteiger partial charge in [-0.15, -0.1) is 22.0 Å². The monoisotopic (exact) mass is 482 g/mol. The third-order valence-corrected chi connectivity index (χ3v) is 7.04. The van der Waals surface area contributed by atoms with Crippen LogP contribution in [0, 0.1) is 5.92 Å². The molecule has 2 fully saturated rings. The predicted molar refractivity (Wildman–Crippen MR) is 127 cm³/mol. The number of nitrogens with zero attached hydrogens (tertiary/aromatic N) is 4. The number of thioether (sulfide) groups is 1. The summed E-state index contributed by atoms with van der Waals surface area (Å²) in [6.07, 6.45) is 4.09. The Balaban J connectivity index is 1.31. The van der Waals surface area contributed by atoms with Crippen molar-refractivity contribution < 1.29 is 14.0 Å². The zero-order valence-electron chi connectivity index (χ0n) is 18.1. The minimum Gasteiger partial charge on any atom is -0.419 e. The van der Waals surface area contributed by atoms with E-state index in [0.717, 1.165) is 23.4 Å². The van der Waals surface area contributed by atoms with Crippen molar-refractivity contribution in [3.05, 3.63) is 59.4 Å². The van der Waals surface area contributed by atoms with Gasteiger partial charge in [-0.3, -0.25) is 9.59 Å². The number of aromatic nitrogens is 2. The lowest BCUT2D eigenvalue weighted by molar-refractivity contribution is -0.137. The van der Waals surface area contributed by atoms with Gasteiger partial charge in [0.15, 0.2) is 0 Å². The van der Waals surface area contributed by atoms with Gasteiger partial charge < -0.3 is 14.2 Å². The summed E-state index contributed by atoms with van der Waals surface area (Å²) in [5.74, 6) is 0.240. The number of amides is 2. The van der Waals surface area contributed by atoms with E-state index >= 15 is 0 Å². The molecule has 33 heavy (non-hydrogen) atoms. The van der Waals surface area contributed by atoms with E-state index in [2.05, 4.69) is 10.2 Å². The molecule has 1 saturated carbocycles. The van der Waals surface area contributed by atoms with Crippen molar-refractivity contribution in [3.63, 3.8) is 0 Å². The lowest BCUT2D eigenvalue weighted by Crippen LogP contribution is -2.38. The van der Waals surface area contributed by atoms with E-state index in [-0.39, 0.29) is 36.7 Å². The molecular formula is C24H23ClN4O3S. The first kappa shape index (κ1) is 22.0. The van der Waals surface area contributed by atoms with E-state index in [4.69, 9.17) is 16.0 Å². The van der Waals surface area contributed by atoms with Crippen LogP contribution in [0.4, 0.5) is 5.69 Å². The Bertz CT molecular complexity index is 1200. The second-order valence-corrected chi connectivity index (χ2v) is 9.57. The number of halogens is 1. The van der Waals surface area contributed by atoms with Crippen molar-refractivity contribution in [3.8, 4) is 11.5 Å². The van der Waals surface area contributed by atoms with E-state index in [9.17, 15) is 9.59 Å². The molecule has 7 nitrogen and oxygen atoms in total. The third-order valence-electron chi connectivity index (χ3n) is 5.99. The molecular weight excluding hydrogens is 460 g/mol. The summed E-state index contributed by atoms with van der Waals surface area (Å²) in [5.41, 5.74) is 1.49. The van der Waals surface area contributed by atoms with Crippen LogP contribution in [0.25, 0.3) is 11.5 Å². The van der Waals surface area contributed by atoms with Gasteiger partial charge in [-0.1, -0.05) is 29.8 Å². The van der Waals surface area contributed by atoms with Crippen LogP contribution < -0.4 is 4.90 Å². The first-order chi connectivity index (χ1) is 16.0. The molecule has 3 aromatic rings. The predicted octanol–water partition coefficient (Wildman–Crippen LogP) is 4.66. The van der Waals surface area contributed by atoms with Crippen molar-refractivity contribution in [2.24, 2.45) is 5.92 Å². The first-order valence-electron chi connectivity index (χ1n) is 10.9. The van der Waals surface area contributed by atoms with Gasteiger partial charge in [-0.05, 0) is 49.4 Å². The number of carbonyl (C=O) groups is 2. The van der Waals surface area contributed by atoms with Crippen molar-refractivity contribution >= 4 is 40.9 Å². The Kier molecular flexibility index (Phi) is 6.12. The average Bonchev–Trinajstić information content (AvgIpc) is 3.44. The van der Waals surface area contributed by atoms with Gasteiger partial charge in [-0.2, -0.15) is 0 Å². The summed E-state index contributed by atoms with van der Waals surface area (Å²) < 4.78 is 5.83. The summed E-state index contributed by atoms with van der Waals surface area (Å²) >= 11 is 7.86. The van der Waals surface area contributed by atoms with Crippen LogP contribution in [0.3, 0.4) is 0 Å². The van der Waals surface area contributed by atoms with E-state index in [1.807, 2.05) is 48.7 Å². The molecule has 2 aliphatic rings. The minimum absolute atomic E-state index is 0.0267. The van der Waals surface area contributed by atoms with E-state index in [1.165, 1.54) is 0 Å². The van der Waals surface area contributed by atoms with Gasteiger partial charge in [0.25, 0.3) is 0 Å². The number of benzene rings is 2. The minimum atomic E-state index is -0.387. The second-order valence-electron chi connectivity index (χ2n) is 8.28. The largest absolute Gasteiger partial charge is 0.419 e. The van der Waals surface area contributed by atoms with Crippen LogP contribution in [0.2, 0.25) is 5.02 Å². The highest BCUT2D eigenvalue weighted by molar-refractivity contribution is 7.98. The van der Waals surface area contributed by atoms with Crippen LogP contribution in [0.1, 0.15) is 25.2 Å². The van der Waals surface area contributed by atoms with Gasteiger partial charge in [0, 0.05) is 29.6 Å². The molecule has 2 aromatic carbocycles. The highest BCUT2D eigenvalue weighted by Crippen LogP contribution is 2.34. The zero-order valence-corrected chi connectivity index (χ0v) is 19.7. The number of hydrogen-bond acceptors (Lipinski definition) is 6. The van der Waals surface area contributed by atoms with Crippen LogP contribution in [-0.4, -0.2) is 45.8 Å². The third kappa shape index (κ3) is 4.63. The van der Waals surface area contributed by atoms with Crippen LogP contribution in [-0.2, 0) is 16.1 Å². The molecule has 170 valence electrons. The molecule has 0 N–H and O–H groups in total. The smallest absolute Gasteiger partial charge is 0.249 e. The molecule has 2 amide bonds. The number of carbonyl (C=O) groups excluding carboxylic acids is 2. The molecule has 5 rings (SSSR count). The molecule has 0 bridgehead atoms. The number of rotatable bonds is 7. The molecule has 9 heteroatoms. The molecule has 0 spiro atoms. The maximum atomic E-state index is 13.4. The van der Waals surface area contributed by atoms with E-state index < -0.39 is 0 Å². The van der Waals surface area contributed by atoms with E-state index in [1.54, 1.807) is 27.6 Å². The maximum Gasteiger partial charge on any atom is 0.249 e. The molecule has 2 heterocycles. The zero-order chi connectivity index (χ0) is 22.9. The lowest BCUT2D eigenvalue weighted by atomic mass is 10.1. The molecule has 1 saturated heterocycles. The molecule has 1 atom stereocenters. The summed E-state index contributed by atoms with van der Waals surface area (Å²) in [5, 5.41) is 8.78. The Morgan fingerprint density at radius 3 is 2.79 bits per heavy atom. The van der Waals surface area contributed by atoms with Gasteiger partial charge in [0.1, 0.15) is 0 Å². The fourth-order valence-corrected chi connectivity index (χ4v) is 4.79. The average molecular weight is 483 g/mol. The number of hydrogen-bond donors (Lipinski definition) is 0. The topological polar surface area (TPSA) is 79.5 Å². The first-order valence-corrected chi connectivity index (χ1v) is 12.5. The highest BCUT2D eigenvalue weighted by Gasteiger charge is 2.42. The molecule has 0 radical (unpaired) electrons. The maximum absolute atomic E-state index is 13.4. The highest BCUT2D eigenvalue weighted by atomic mass is 35.5. The van der Waals surface area contributed by atoms with Crippen molar-refractivity contribution in [2.45, 2.75) is 36.7 Å². The second kappa shape index (κ2) is 9.19. The molecule has 0 unspecified atom stereocenters. The van der Waals surface area contributed by atoms with Gasteiger partial charge in [-0.25, -0.2) is 0 Å². The molecule has 1 aliphatic carbocycles. The Morgan fingerprint density at radius 1 is 1.21 bits per heavy atom. The fourth-order valence-electron chi connectivity index (χ4n) is 4.12. The summed E-state index contributed by atoms with van der Waals surface area (Å²) in [6.45, 7) is 0.612. The van der Waals surface area contributed by atoms with Crippen LogP contribution in [0.5, 0.6) is 0 Å². The summed E-state index contributed by atoms with van der Waals surface area (Å²) in [7, 11) is 0. The standard InChI is InChI=1S/C24H23ClN4O3S/c1-33-18-6-4-5-17(12-18)28-13-15(11-22(28)30)24(31)29(16-9-10-16)14-21-26-27-23(32-21)19-7-2-3-8-20(19)25/h2-8,12,15-16H,9-11,13-14H2,1H3/t15-/m0/s1. The van der Waals surface area contributed by atoms with Crippen molar-refractivity contribution in [1.82, 2.24) is 15.1 Å². The van der Waals surface area contributed by atoms with Gasteiger partial charge >= 0.3 is 0 Å². The summed E-state index contributed by atoms with van der Waals surface area (Å²) in [4.78, 5) is 30.8. The Labute approximate surface area is 201 Å². The van der Waals surface area contributed by atoms with Crippen molar-refractivity contribution in [1.29, 1.82) is 0 Å².